The number of nitrogens with one attached hydrogen (secondary N) is 1. The fourth-order valence-corrected chi connectivity index (χ4v) is 10.8. The Morgan fingerprint density at radius 2 is 0.675 bits per heavy atom. The van der Waals surface area contributed by atoms with Gasteiger partial charge < -0.3 is 55.7 Å². The smallest absolute Gasteiger partial charge is 0.263 e. The second kappa shape index (κ2) is 47.2. The number of nitrogen functional groups attached to an aromatic ring is 3. The normalized spacial score (nSPS) is 10.3. The molecule has 0 saturated carbocycles. The zero-order valence-electron chi connectivity index (χ0n) is 68.9. The largest absolute Gasteiger partial charge is 0.488 e. The Labute approximate surface area is 732 Å². The van der Waals surface area contributed by atoms with Crippen molar-refractivity contribution in [3.63, 3.8) is 0 Å². The number of nitrogens with zero attached hydrogens (tertiary/aromatic N) is 14. The van der Waals surface area contributed by atoms with Crippen LogP contribution in [0.25, 0.3) is 6.08 Å². The summed E-state index contributed by atoms with van der Waals surface area (Å²) in [5, 5.41) is 3.08. The molecule has 7 N–H and O–H groups in total. The first-order valence-electron chi connectivity index (χ1n) is 37.7. The summed E-state index contributed by atoms with van der Waals surface area (Å²) in [6.45, 7) is 31.2. The first-order valence-corrected chi connectivity index (χ1v) is 40.8. The molecule has 0 unspecified atom stereocenters. The summed E-state index contributed by atoms with van der Waals surface area (Å²) >= 11 is 12.7. The zero-order chi connectivity index (χ0) is 86.8. The minimum atomic E-state index is -0.446. The summed E-state index contributed by atoms with van der Waals surface area (Å²) in [5.74, 6) is 8.17. The number of hydrogen-bond donors (Lipinski definition) is 4. The maximum Gasteiger partial charge on any atom is 0.263 e. The van der Waals surface area contributed by atoms with Crippen molar-refractivity contribution in [1.29, 1.82) is 0 Å². The van der Waals surface area contributed by atoms with Crippen LogP contribution in [-0.2, 0) is 19.3 Å². The van der Waals surface area contributed by atoms with Crippen LogP contribution in [-0.4, -0.2) is 75.9 Å². The highest BCUT2D eigenvalue weighted by Crippen LogP contribution is 2.33. The van der Waals surface area contributed by atoms with Crippen LogP contribution in [0, 0.1) is 68.1 Å². The number of rotatable bonds is 20. The first-order chi connectivity index (χ1) is 57.5. The number of anilines is 5. The van der Waals surface area contributed by atoms with Crippen molar-refractivity contribution in [3.05, 3.63) is 311 Å². The van der Waals surface area contributed by atoms with Crippen LogP contribution in [0.15, 0.2) is 232 Å². The van der Waals surface area contributed by atoms with Gasteiger partial charge >= 0.3 is 0 Å². The minimum Gasteiger partial charge on any atom is -0.488 e. The Kier molecular flexibility index (Phi) is 36.6. The minimum absolute atomic E-state index is 0.102. The molecule has 14 aromatic rings. The van der Waals surface area contributed by atoms with Crippen LogP contribution in [0.2, 0.25) is 0 Å². The lowest BCUT2D eigenvalue weighted by molar-refractivity contribution is 0.231. The van der Waals surface area contributed by atoms with Gasteiger partial charge in [-0.2, -0.15) is 0 Å². The van der Waals surface area contributed by atoms with E-state index in [0.29, 0.717) is 99.8 Å². The van der Waals surface area contributed by atoms with E-state index in [1.54, 1.807) is 55.4 Å². The fraction of sp³-hybridized carbons (Fsp3) is 0.200. The molecule has 7 aromatic carbocycles. The highest BCUT2D eigenvalue weighted by Gasteiger charge is 2.16. The molecule has 0 fully saturated rings. The number of benzene rings is 7. The van der Waals surface area contributed by atoms with Crippen molar-refractivity contribution >= 4 is 98.8 Å². The molecule has 620 valence electrons. The molecular weight excluding hydrogens is 1780 g/mol. The lowest BCUT2D eigenvalue weighted by Crippen LogP contribution is -2.07. The van der Waals surface area contributed by atoms with Crippen LogP contribution < -0.4 is 55.7 Å². The molecule has 0 atom stereocenters. The molecule has 0 aliphatic rings. The molecule has 0 bridgehead atoms. The number of halogens is 5. The van der Waals surface area contributed by atoms with Crippen molar-refractivity contribution in [2.24, 2.45) is 0 Å². The Hall–Kier alpha value is -12.5. The second-order valence-electron chi connectivity index (χ2n) is 26.5. The molecule has 0 amide bonds. The maximum atomic E-state index is 14.3. The van der Waals surface area contributed by atoms with E-state index < -0.39 is 5.82 Å². The topological polar surface area (TPSA) is 335 Å². The van der Waals surface area contributed by atoms with E-state index in [-0.39, 0.29) is 17.7 Å². The highest BCUT2D eigenvalue weighted by molar-refractivity contribution is 9.11. The molecule has 0 radical (unpaired) electrons. The molecule has 0 spiro atoms. The number of ether oxygens (including phenoxy) is 7. The van der Waals surface area contributed by atoms with Crippen molar-refractivity contribution < 1.29 is 37.5 Å². The summed E-state index contributed by atoms with van der Waals surface area (Å²) in [4.78, 5) is 58.6. The van der Waals surface area contributed by atoms with Gasteiger partial charge in [0.15, 0.2) is 34.8 Å². The van der Waals surface area contributed by atoms with E-state index in [2.05, 4.69) is 152 Å². The average molecular weight is 1880 g/mol. The molecule has 0 aliphatic heterocycles. The van der Waals surface area contributed by atoms with Gasteiger partial charge in [-0.05, 0) is 250 Å². The van der Waals surface area contributed by atoms with Crippen LogP contribution in [0.4, 0.5) is 33.3 Å². The lowest BCUT2D eigenvalue weighted by atomic mass is 10.2. The van der Waals surface area contributed by atoms with Crippen LogP contribution >= 0.6 is 63.7 Å². The van der Waals surface area contributed by atoms with Crippen molar-refractivity contribution in [2.75, 3.05) is 22.5 Å². The SMILES string of the molecule is C=Cc1cnc(C)c(Oc2ccc(C)cc2)n1.CCc1cnc(C)c(Oc2ccc(C)cc2)n1.CCc1cnc(N)c(Oc2ccc(C)cc2)n1.CCc1cnc(Nc2ccc(OC(C)C)c(F)c2)c(Oc2ccc(C)cc2)n1.Cc1ccc(Oc2nc(Br)cnc2C)cc1.Cc1ccc(Oc2nc(Br)cnc2N)cc1.Nc1ncc(Br)nc1Br. The molecule has 25 nitrogen and oxygen atoms in total. The molecular formula is C90H93Br4FN18O7. The van der Waals surface area contributed by atoms with Gasteiger partial charge in [0.1, 0.15) is 52.9 Å². The van der Waals surface area contributed by atoms with Gasteiger partial charge in [0, 0.05) is 18.0 Å². The van der Waals surface area contributed by atoms with E-state index in [1.165, 1.54) is 40.1 Å². The third-order valence-electron chi connectivity index (χ3n) is 16.1. The second-order valence-corrected chi connectivity index (χ2v) is 29.7. The van der Waals surface area contributed by atoms with Crippen molar-refractivity contribution in [2.45, 2.75) is 122 Å². The first kappa shape index (κ1) is 93.0. The molecule has 0 saturated heterocycles. The Balaban J connectivity index is 0.000000178. The summed E-state index contributed by atoms with van der Waals surface area (Å²) in [5.41, 5.74) is 30.0. The van der Waals surface area contributed by atoms with Crippen LogP contribution in [0.1, 0.15) is 108 Å². The van der Waals surface area contributed by atoms with Gasteiger partial charge in [0.25, 0.3) is 17.6 Å². The standard InChI is InChI=1S/C22H24FN3O2.C14H16N2O.C14H14N2O.C13H15N3O.C12H11BrN2O.C11H10BrN3O.C4H3Br2N3/c1-5-16-13-24-21(22(26-16)28-18-9-6-15(4)7-10-18)25-17-8-11-20(19(23)12-17)27-14(2)3;2*1-4-12-9-15-11(3)14(16-12)17-13-7-5-10(2)6-8-13;1-3-10-8-15-12(14)13(16-10)17-11-6-4-9(2)5-7-11;1-8-3-5-10(6-4-8)16-12-9(2)14-7-11(13)15-12;1-7-2-4-8(5-3-7)16-11-10(13)14-6-9(12)15-11;5-2-1-8-4(7)3(6)9-2/h6-14H,5H2,1-4H3,(H,24,25);5-9H,4H2,1-3H3;4-9H,1H2,2-3H3;4-8H,3H2,1-2H3,(H2,14,15);3-7H,1-2H3;2-6H,1H3,(H2,13,14);1H,(H2,7,8). The average Bonchev–Trinajstić information content (AvgIpc) is 0.814. The van der Waals surface area contributed by atoms with Gasteiger partial charge in [0.2, 0.25) is 17.6 Å². The van der Waals surface area contributed by atoms with Gasteiger partial charge in [-0.15, -0.1) is 0 Å². The quantitative estimate of drug-likeness (QED) is 0.0551. The predicted molar refractivity (Wildman–Crippen MR) is 484 cm³/mol. The highest BCUT2D eigenvalue weighted by atomic mass is 79.9. The van der Waals surface area contributed by atoms with Crippen LogP contribution in [0.5, 0.6) is 75.5 Å². The Bertz CT molecular complexity index is 5430. The van der Waals surface area contributed by atoms with Gasteiger partial charge in [-0.3, -0.25) is 15.0 Å². The summed E-state index contributed by atoms with van der Waals surface area (Å²) in [6.07, 6.45) is 15.5. The van der Waals surface area contributed by atoms with E-state index in [9.17, 15) is 4.39 Å². The molecule has 120 heavy (non-hydrogen) atoms. The predicted octanol–water partition coefficient (Wildman–Crippen LogP) is 23.7. The molecule has 0 aliphatic carbocycles. The third kappa shape index (κ3) is 31.4. The van der Waals surface area contributed by atoms with E-state index in [0.717, 1.165) is 76.2 Å². The van der Waals surface area contributed by atoms with Gasteiger partial charge in [-0.1, -0.05) is 134 Å². The molecule has 30 heteroatoms. The monoisotopic (exact) mass is 1870 g/mol. The summed E-state index contributed by atoms with van der Waals surface area (Å²) in [6, 6.07) is 51.2. The fourth-order valence-electron chi connectivity index (χ4n) is 9.44. The Morgan fingerprint density at radius 1 is 0.367 bits per heavy atom. The molecule has 7 heterocycles. The summed E-state index contributed by atoms with van der Waals surface area (Å²) < 4.78 is 56.3. The van der Waals surface area contributed by atoms with Gasteiger partial charge in [-0.25, -0.2) is 59.2 Å². The third-order valence-corrected chi connectivity index (χ3v) is 17.8. The number of hydrogen-bond acceptors (Lipinski definition) is 25. The number of aromatic nitrogens is 14. The van der Waals surface area contributed by atoms with Crippen LogP contribution in [0.3, 0.4) is 0 Å². The maximum absolute atomic E-state index is 14.3. The number of nitrogens with two attached hydrogens (primary N) is 3. The van der Waals surface area contributed by atoms with E-state index >= 15 is 0 Å². The van der Waals surface area contributed by atoms with E-state index in [1.807, 2.05) is 236 Å². The van der Waals surface area contributed by atoms with E-state index in [4.69, 9.17) is 50.4 Å². The van der Waals surface area contributed by atoms with Gasteiger partial charge in [0.05, 0.1) is 83.1 Å². The zero-order valence-corrected chi connectivity index (χ0v) is 75.2. The number of aryl methyl sites for hydroxylation is 12. The van der Waals surface area contributed by atoms with Crippen molar-refractivity contribution in [1.82, 2.24) is 69.8 Å². The molecule has 14 rings (SSSR count). The van der Waals surface area contributed by atoms with Crippen molar-refractivity contribution in [3.8, 4) is 75.5 Å². The summed E-state index contributed by atoms with van der Waals surface area (Å²) in [7, 11) is 0. The lowest BCUT2D eigenvalue weighted by Gasteiger charge is -2.14. The molecule has 7 aromatic heterocycles. The Morgan fingerprint density at radius 3 is 1.07 bits per heavy atom.